The number of aromatic nitrogens is 5. The summed E-state index contributed by atoms with van der Waals surface area (Å²) in [5, 5.41) is 16.5. The molecule has 7 nitrogen and oxygen atoms in total. The third kappa shape index (κ3) is 2.98. The second kappa shape index (κ2) is 5.95. The summed E-state index contributed by atoms with van der Waals surface area (Å²) in [5.74, 6) is 0. The SMILES string of the molecule is CN(C)CCCn1nc(-c2cn(C)nn2)c2c1CCNC2. The van der Waals surface area contributed by atoms with Crippen molar-refractivity contribution in [3.63, 3.8) is 0 Å². The lowest BCUT2D eigenvalue weighted by Gasteiger charge is -2.16. The van der Waals surface area contributed by atoms with Crippen LogP contribution in [0.3, 0.4) is 0 Å². The Labute approximate surface area is 124 Å². The molecular formula is C14H23N7. The Bertz CT molecular complexity index is 611. The van der Waals surface area contributed by atoms with Gasteiger partial charge in [-0.15, -0.1) is 5.10 Å². The molecule has 7 heteroatoms. The fourth-order valence-electron chi connectivity index (χ4n) is 2.80. The summed E-state index contributed by atoms with van der Waals surface area (Å²) in [7, 11) is 6.09. The van der Waals surface area contributed by atoms with Crippen molar-refractivity contribution in [2.75, 3.05) is 27.2 Å². The Hall–Kier alpha value is -1.73. The van der Waals surface area contributed by atoms with Crippen LogP contribution in [-0.4, -0.2) is 56.9 Å². The van der Waals surface area contributed by atoms with Crippen LogP contribution in [0.1, 0.15) is 17.7 Å². The first-order valence-corrected chi connectivity index (χ1v) is 7.46. The molecule has 21 heavy (non-hydrogen) atoms. The zero-order valence-corrected chi connectivity index (χ0v) is 13.0. The van der Waals surface area contributed by atoms with E-state index in [0.717, 1.165) is 50.4 Å². The highest BCUT2D eigenvalue weighted by atomic mass is 15.4. The van der Waals surface area contributed by atoms with Crippen LogP contribution in [0.5, 0.6) is 0 Å². The molecule has 2 aromatic heterocycles. The van der Waals surface area contributed by atoms with E-state index >= 15 is 0 Å². The van der Waals surface area contributed by atoms with Crippen molar-refractivity contribution in [3.05, 3.63) is 17.5 Å². The highest BCUT2D eigenvalue weighted by Crippen LogP contribution is 2.26. The third-order valence-corrected chi connectivity index (χ3v) is 3.83. The van der Waals surface area contributed by atoms with Gasteiger partial charge in [-0.1, -0.05) is 5.21 Å². The molecule has 0 unspecified atom stereocenters. The van der Waals surface area contributed by atoms with E-state index in [0.29, 0.717) is 0 Å². The van der Waals surface area contributed by atoms with E-state index in [2.05, 4.69) is 39.3 Å². The number of aryl methyl sites for hydroxylation is 2. The Kier molecular flexibility index (Phi) is 4.03. The van der Waals surface area contributed by atoms with Crippen molar-refractivity contribution in [1.29, 1.82) is 0 Å². The molecule has 0 fully saturated rings. The number of nitrogens with zero attached hydrogens (tertiary/aromatic N) is 6. The van der Waals surface area contributed by atoms with Crippen LogP contribution in [-0.2, 0) is 26.6 Å². The van der Waals surface area contributed by atoms with Crippen LogP contribution in [0.15, 0.2) is 6.20 Å². The third-order valence-electron chi connectivity index (χ3n) is 3.83. The monoisotopic (exact) mass is 289 g/mol. The van der Waals surface area contributed by atoms with Gasteiger partial charge in [-0.2, -0.15) is 5.10 Å². The fourth-order valence-corrected chi connectivity index (χ4v) is 2.80. The Morgan fingerprint density at radius 1 is 1.38 bits per heavy atom. The number of fused-ring (bicyclic) bond motifs is 1. The van der Waals surface area contributed by atoms with Crippen molar-refractivity contribution < 1.29 is 0 Å². The van der Waals surface area contributed by atoms with Gasteiger partial charge in [0.1, 0.15) is 11.4 Å². The molecule has 0 aromatic carbocycles. The zero-order valence-electron chi connectivity index (χ0n) is 13.0. The lowest BCUT2D eigenvalue weighted by Crippen LogP contribution is -2.25. The van der Waals surface area contributed by atoms with E-state index in [9.17, 15) is 0 Å². The summed E-state index contributed by atoms with van der Waals surface area (Å²) in [6, 6.07) is 0. The molecule has 0 amide bonds. The molecule has 114 valence electrons. The Balaban J connectivity index is 1.88. The summed E-state index contributed by atoms with van der Waals surface area (Å²) in [4.78, 5) is 2.21. The number of hydrogen-bond acceptors (Lipinski definition) is 5. The van der Waals surface area contributed by atoms with Gasteiger partial charge < -0.3 is 10.2 Å². The maximum atomic E-state index is 4.81. The highest BCUT2D eigenvalue weighted by molar-refractivity contribution is 5.59. The Morgan fingerprint density at radius 2 is 2.24 bits per heavy atom. The van der Waals surface area contributed by atoms with E-state index in [4.69, 9.17) is 5.10 Å². The molecule has 1 aliphatic rings. The van der Waals surface area contributed by atoms with E-state index in [1.807, 2.05) is 13.2 Å². The van der Waals surface area contributed by atoms with Gasteiger partial charge in [0.25, 0.3) is 0 Å². The van der Waals surface area contributed by atoms with Gasteiger partial charge in [-0.3, -0.25) is 9.36 Å². The van der Waals surface area contributed by atoms with Crippen LogP contribution >= 0.6 is 0 Å². The molecule has 3 heterocycles. The van der Waals surface area contributed by atoms with Crippen molar-refractivity contribution >= 4 is 0 Å². The van der Waals surface area contributed by atoms with Crippen LogP contribution in [0, 0.1) is 0 Å². The largest absolute Gasteiger partial charge is 0.312 e. The second-order valence-corrected chi connectivity index (χ2v) is 5.86. The van der Waals surface area contributed by atoms with Crippen molar-refractivity contribution in [1.82, 2.24) is 35.0 Å². The first-order chi connectivity index (χ1) is 10.1. The fraction of sp³-hybridized carbons (Fsp3) is 0.643. The minimum atomic E-state index is 0.865. The van der Waals surface area contributed by atoms with E-state index in [1.54, 1.807) is 4.68 Å². The predicted molar refractivity (Wildman–Crippen MR) is 80.8 cm³/mol. The molecule has 0 bridgehead atoms. The first kappa shape index (κ1) is 14.2. The minimum absolute atomic E-state index is 0.865. The Morgan fingerprint density at radius 3 is 2.95 bits per heavy atom. The van der Waals surface area contributed by atoms with E-state index in [-0.39, 0.29) is 0 Å². The van der Waals surface area contributed by atoms with E-state index < -0.39 is 0 Å². The zero-order chi connectivity index (χ0) is 14.8. The molecule has 0 saturated heterocycles. The molecule has 2 aromatic rings. The first-order valence-electron chi connectivity index (χ1n) is 7.46. The van der Waals surface area contributed by atoms with Gasteiger partial charge in [-0.25, -0.2) is 0 Å². The van der Waals surface area contributed by atoms with Gasteiger partial charge in [-0.05, 0) is 27.1 Å². The average Bonchev–Trinajstić information content (AvgIpc) is 3.03. The normalized spacial score (nSPS) is 14.7. The molecule has 1 N–H and O–H groups in total. The molecular weight excluding hydrogens is 266 g/mol. The number of hydrogen-bond donors (Lipinski definition) is 1. The summed E-state index contributed by atoms with van der Waals surface area (Å²) in [6.07, 6.45) is 4.07. The molecule has 0 saturated carbocycles. The number of rotatable bonds is 5. The summed E-state index contributed by atoms with van der Waals surface area (Å²) < 4.78 is 3.90. The van der Waals surface area contributed by atoms with Gasteiger partial charge in [0, 0.05) is 44.4 Å². The second-order valence-electron chi connectivity index (χ2n) is 5.86. The quantitative estimate of drug-likeness (QED) is 0.856. The van der Waals surface area contributed by atoms with Crippen LogP contribution < -0.4 is 5.32 Å². The molecule has 0 aliphatic carbocycles. The number of nitrogens with one attached hydrogen (secondary N) is 1. The molecule has 0 radical (unpaired) electrons. The summed E-state index contributed by atoms with van der Waals surface area (Å²) in [5.41, 5.74) is 4.48. The van der Waals surface area contributed by atoms with Crippen LogP contribution in [0.2, 0.25) is 0 Å². The maximum Gasteiger partial charge on any atom is 0.133 e. The van der Waals surface area contributed by atoms with Gasteiger partial charge in [0.2, 0.25) is 0 Å². The molecule has 1 aliphatic heterocycles. The van der Waals surface area contributed by atoms with Crippen molar-refractivity contribution in [2.45, 2.75) is 25.9 Å². The maximum absolute atomic E-state index is 4.81. The lowest BCUT2D eigenvalue weighted by atomic mass is 10.1. The minimum Gasteiger partial charge on any atom is -0.312 e. The van der Waals surface area contributed by atoms with Crippen molar-refractivity contribution in [2.24, 2.45) is 7.05 Å². The van der Waals surface area contributed by atoms with Crippen LogP contribution in [0.4, 0.5) is 0 Å². The molecule has 0 atom stereocenters. The van der Waals surface area contributed by atoms with Gasteiger partial charge in [0.15, 0.2) is 0 Å². The predicted octanol–water partition coefficient (Wildman–Crippen LogP) is 0.276. The topological polar surface area (TPSA) is 63.8 Å². The molecule has 0 spiro atoms. The van der Waals surface area contributed by atoms with Crippen LogP contribution in [0.25, 0.3) is 11.4 Å². The smallest absolute Gasteiger partial charge is 0.133 e. The van der Waals surface area contributed by atoms with Gasteiger partial charge in [0.05, 0.1) is 6.20 Å². The summed E-state index contributed by atoms with van der Waals surface area (Å²) in [6.45, 7) is 3.93. The van der Waals surface area contributed by atoms with E-state index in [1.165, 1.54) is 11.3 Å². The average molecular weight is 289 g/mol. The van der Waals surface area contributed by atoms with Gasteiger partial charge >= 0.3 is 0 Å². The summed E-state index contributed by atoms with van der Waals surface area (Å²) >= 11 is 0. The highest BCUT2D eigenvalue weighted by Gasteiger charge is 2.22. The van der Waals surface area contributed by atoms with Crippen molar-refractivity contribution in [3.8, 4) is 11.4 Å². The molecule has 3 rings (SSSR count). The standard InChI is InChI=1S/C14H23N7/c1-19(2)7-4-8-21-13-5-6-15-9-11(13)14(17-21)12-10-20(3)18-16-12/h10,15H,4-9H2,1-3H3. The lowest BCUT2D eigenvalue weighted by molar-refractivity contribution is 0.377.